The zero-order chi connectivity index (χ0) is 24.3. The van der Waals surface area contributed by atoms with Crippen LogP contribution in [0.5, 0.6) is 0 Å². The molecule has 3 heterocycles. The van der Waals surface area contributed by atoms with Crippen molar-refractivity contribution in [2.45, 2.75) is 26.2 Å². The van der Waals surface area contributed by atoms with Gasteiger partial charge in [0.1, 0.15) is 5.82 Å². The van der Waals surface area contributed by atoms with Gasteiger partial charge in [-0.05, 0) is 61.9 Å². The molecule has 0 saturated carbocycles. The van der Waals surface area contributed by atoms with Crippen LogP contribution in [0.4, 0.5) is 17.5 Å². The van der Waals surface area contributed by atoms with Gasteiger partial charge >= 0.3 is 0 Å². The lowest BCUT2D eigenvalue weighted by molar-refractivity contribution is 0.401. The Bertz CT molecular complexity index is 1440. The molecule has 3 aromatic carbocycles. The van der Waals surface area contributed by atoms with Crippen molar-refractivity contribution in [2.24, 2.45) is 5.92 Å². The number of nitrogens with zero attached hydrogens (tertiary/aromatic N) is 5. The Labute approximate surface area is 211 Å². The Morgan fingerprint density at radius 1 is 0.833 bits per heavy atom. The first-order valence-corrected chi connectivity index (χ1v) is 12.7. The van der Waals surface area contributed by atoms with Gasteiger partial charge in [0.2, 0.25) is 5.95 Å². The maximum Gasteiger partial charge on any atom is 0.229 e. The summed E-state index contributed by atoms with van der Waals surface area (Å²) < 4.78 is 1.91. The van der Waals surface area contributed by atoms with Crippen molar-refractivity contribution in [2.75, 3.05) is 23.3 Å². The van der Waals surface area contributed by atoms with Crippen LogP contribution in [0.15, 0.2) is 91.1 Å². The van der Waals surface area contributed by atoms with Crippen LogP contribution < -0.4 is 10.2 Å². The molecule has 0 spiro atoms. The number of aryl methyl sites for hydroxylation is 1. The fourth-order valence-electron chi connectivity index (χ4n) is 4.95. The number of hydrogen-bond acceptors (Lipinski definition) is 5. The monoisotopic (exact) mass is 474 g/mol. The number of fused-ring (bicyclic) bond motifs is 1. The third-order valence-corrected chi connectivity index (χ3v) is 7.00. The first kappa shape index (κ1) is 22.3. The molecule has 6 heteroatoms. The van der Waals surface area contributed by atoms with E-state index in [2.05, 4.69) is 89.0 Å². The van der Waals surface area contributed by atoms with Gasteiger partial charge in [-0.2, -0.15) is 15.1 Å². The average Bonchev–Trinajstić information content (AvgIpc) is 3.36. The molecule has 0 atom stereocenters. The van der Waals surface area contributed by atoms with Crippen molar-refractivity contribution in [3.05, 3.63) is 102 Å². The van der Waals surface area contributed by atoms with Crippen LogP contribution in [0, 0.1) is 12.8 Å². The number of para-hydroxylation sites is 1. The van der Waals surface area contributed by atoms with E-state index in [1.165, 1.54) is 11.1 Å². The predicted octanol–water partition coefficient (Wildman–Crippen LogP) is 6.33. The van der Waals surface area contributed by atoms with E-state index in [4.69, 9.17) is 9.97 Å². The number of benzene rings is 3. The molecule has 0 bridgehead atoms. The Hall–Kier alpha value is -4.19. The lowest BCUT2D eigenvalue weighted by Crippen LogP contribution is -2.35. The van der Waals surface area contributed by atoms with Crippen LogP contribution >= 0.6 is 0 Å². The third-order valence-electron chi connectivity index (χ3n) is 7.00. The first-order chi connectivity index (χ1) is 17.7. The molecule has 0 unspecified atom stereocenters. The summed E-state index contributed by atoms with van der Waals surface area (Å²) in [5.74, 6) is 2.23. The molecule has 36 heavy (non-hydrogen) atoms. The standard InChI is InChI=1S/C30H30N6/c1-22-12-14-25(15-13-22)32-28-27-21-31-36(26-10-6-3-7-11-26)29(27)34-30(33-28)35-18-16-24(17-19-35)20-23-8-4-2-5-9-23/h2-15,21,24H,16-20H2,1H3,(H,32,33,34). The van der Waals surface area contributed by atoms with Crippen molar-refractivity contribution >= 4 is 28.5 Å². The average molecular weight is 475 g/mol. The summed E-state index contributed by atoms with van der Waals surface area (Å²) in [5, 5.41) is 9.12. The number of piperidine rings is 1. The molecule has 1 aliphatic heterocycles. The lowest BCUT2D eigenvalue weighted by Gasteiger charge is -2.32. The Balaban J connectivity index is 1.31. The minimum absolute atomic E-state index is 0.687. The molecule has 1 saturated heterocycles. The van der Waals surface area contributed by atoms with E-state index < -0.39 is 0 Å². The highest BCUT2D eigenvalue weighted by Crippen LogP contribution is 2.30. The molecule has 1 N–H and O–H groups in total. The van der Waals surface area contributed by atoms with Crippen LogP contribution in [0.25, 0.3) is 16.7 Å². The van der Waals surface area contributed by atoms with Crippen LogP contribution in [0.1, 0.15) is 24.0 Å². The highest BCUT2D eigenvalue weighted by atomic mass is 15.3. The summed E-state index contributed by atoms with van der Waals surface area (Å²) in [6.45, 7) is 4.00. The van der Waals surface area contributed by atoms with Crippen molar-refractivity contribution < 1.29 is 0 Å². The molecule has 0 aliphatic carbocycles. The number of aromatic nitrogens is 4. The van der Waals surface area contributed by atoms with Crippen LogP contribution in [0.2, 0.25) is 0 Å². The second-order valence-electron chi connectivity index (χ2n) is 9.61. The first-order valence-electron chi connectivity index (χ1n) is 12.7. The fraction of sp³-hybridized carbons (Fsp3) is 0.233. The molecule has 2 aromatic heterocycles. The van der Waals surface area contributed by atoms with Crippen LogP contribution in [-0.4, -0.2) is 32.8 Å². The molecule has 6 rings (SSSR count). The van der Waals surface area contributed by atoms with E-state index in [0.717, 1.165) is 66.5 Å². The largest absolute Gasteiger partial charge is 0.341 e. The Morgan fingerprint density at radius 3 is 2.25 bits per heavy atom. The molecular weight excluding hydrogens is 444 g/mol. The number of hydrogen-bond donors (Lipinski definition) is 1. The van der Waals surface area contributed by atoms with Crippen LogP contribution in [-0.2, 0) is 6.42 Å². The molecule has 1 fully saturated rings. The molecular formula is C30H30N6. The second-order valence-corrected chi connectivity index (χ2v) is 9.61. The summed E-state index contributed by atoms with van der Waals surface area (Å²) in [6.07, 6.45) is 5.26. The molecule has 5 aromatic rings. The summed E-state index contributed by atoms with van der Waals surface area (Å²) in [5.41, 5.74) is 5.45. The maximum absolute atomic E-state index is 5.04. The third kappa shape index (κ3) is 4.67. The summed E-state index contributed by atoms with van der Waals surface area (Å²) in [4.78, 5) is 12.4. The normalized spacial score (nSPS) is 14.3. The van der Waals surface area contributed by atoms with Gasteiger partial charge in [0, 0.05) is 18.8 Å². The zero-order valence-corrected chi connectivity index (χ0v) is 20.5. The van der Waals surface area contributed by atoms with Crippen LogP contribution in [0.3, 0.4) is 0 Å². The SMILES string of the molecule is Cc1ccc(Nc2nc(N3CCC(Cc4ccccc4)CC3)nc3c2cnn3-c2ccccc2)cc1. The van der Waals surface area contributed by atoms with E-state index >= 15 is 0 Å². The van der Waals surface area contributed by atoms with Gasteiger partial charge < -0.3 is 10.2 Å². The van der Waals surface area contributed by atoms with Crippen molar-refractivity contribution in [1.82, 2.24) is 19.7 Å². The Morgan fingerprint density at radius 2 is 1.53 bits per heavy atom. The van der Waals surface area contributed by atoms with Gasteiger partial charge in [-0.3, -0.25) is 0 Å². The number of rotatable bonds is 6. The fourth-order valence-corrected chi connectivity index (χ4v) is 4.95. The highest BCUT2D eigenvalue weighted by Gasteiger charge is 2.23. The summed E-state index contributed by atoms with van der Waals surface area (Å²) >= 11 is 0. The number of nitrogens with one attached hydrogen (secondary N) is 1. The highest BCUT2D eigenvalue weighted by molar-refractivity contribution is 5.90. The molecule has 180 valence electrons. The van der Waals surface area contributed by atoms with Gasteiger partial charge in [0.15, 0.2) is 5.65 Å². The predicted molar refractivity (Wildman–Crippen MR) is 146 cm³/mol. The van der Waals surface area contributed by atoms with E-state index in [1.807, 2.05) is 29.1 Å². The second kappa shape index (κ2) is 9.82. The van der Waals surface area contributed by atoms with Gasteiger partial charge in [0.25, 0.3) is 0 Å². The minimum Gasteiger partial charge on any atom is -0.341 e. The van der Waals surface area contributed by atoms with Crippen molar-refractivity contribution in [3.8, 4) is 5.69 Å². The molecule has 1 aliphatic rings. The van der Waals surface area contributed by atoms with E-state index in [0.29, 0.717) is 5.92 Å². The van der Waals surface area contributed by atoms with Crippen molar-refractivity contribution in [3.63, 3.8) is 0 Å². The topological polar surface area (TPSA) is 58.9 Å². The van der Waals surface area contributed by atoms with E-state index in [1.54, 1.807) is 0 Å². The molecule has 6 nitrogen and oxygen atoms in total. The van der Waals surface area contributed by atoms with Crippen molar-refractivity contribution in [1.29, 1.82) is 0 Å². The minimum atomic E-state index is 0.687. The molecule has 0 radical (unpaired) electrons. The van der Waals surface area contributed by atoms with Gasteiger partial charge in [-0.1, -0.05) is 66.2 Å². The summed E-state index contributed by atoms with van der Waals surface area (Å²) in [7, 11) is 0. The van der Waals surface area contributed by atoms with Gasteiger partial charge in [0.05, 0.1) is 17.3 Å². The Kier molecular flexibility index (Phi) is 6.08. The van der Waals surface area contributed by atoms with Gasteiger partial charge in [-0.25, -0.2) is 4.68 Å². The number of anilines is 3. The zero-order valence-electron chi connectivity index (χ0n) is 20.5. The van der Waals surface area contributed by atoms with Gasteiger partial charge in [-0.15, -0.1) is 0 Å². The van der Waals surface area contributed by atoms with E-state index in [-0.39, 0.29) is 0 Å². The molecule has 0 amide bonds. The van der Waals surface area contributed by atoms with E-state index in [9.17, 15) is 0 Å². The summed E-state index contributed by atoms with van der Waals surface area (Å²) in [6, 6.07) is 29.3. The maximum atomic E-state index is 5.04. The quantitative estimate of drug-likeness (QED) is 0.312. The lowest BCUT2D eigenvalue weighted by atomic mass is 9.90. The smallest absolute Gasteiger partial charge is 0.229 e.